The molecule has 1 N–H and O–H groups in total. The molecule has 23 heavy (non-hydrogen) atoms. The number of halogens is 1. The van der Waals surface area contributed by atoms with Gasteiger partial charge in [-0.1, -0.05) is 49.2 Å². The molecule has 1 aromatic carbocycles. The van der Waals surface area contributed by atoms with Crippen molar-refractivity contribution in [3.8, 4) is 11.4 Å². The molecule has 1 aliphatic rings. The van der Waals surface area contributed by atoms with Crippen LogP contribution in [0.1, 0.15) is 45.0 Å². The van der Waals surface area contributed by atoms with Crippen LogP contribution in [-0.2, 0) is 4.79 Å². The zero-order chi connectivity index (χ0) is 16.4. The SMILES string of the molecule is CCC(C)C(NC(=O)C1CC1)c1nc(-c2cccc(Cl)c2)no1. The first kappa shape index (κ1) is 16.0. The third-order valence-corrected chi connectivity index (χ3v) is 4.48. The van der Waals surface area contributed by atoms with Gasteiger partial charge in [-0.3, -0.25) is 4.79 Å². The average molecular weight is 334 g/mol. The van der Waals surface area contributed by atoms with Gasteiger partial charge in [-0.2, -0.15) is 4.98 Å². The Morgan fingerprint density at radius 2 is 2.26 bits per heavy atom. The molecular weight excluding hydrogens is 314 g/mol. The maximum atomic E-state index is 12.1. The molecule has 1 aliphatic carbocycles. The maximum absolute atomic E-state index is 12.1. The van der Waals surface area contributed by atoms with E-state index < -0.39 is 0 Å². The van der Waals surface area contributed by atoms with Crippen LogP contribution < -0.4 is 5.32 Å². The number of benzene rings is 1. The van der Waals surface area contributed by atoms with Gasteiger partial charge < -0.3 is 9.84 Å². The lowest BCUT2D eigenvalue weighted by Crippen LogP contribution is -2.33. The van der Waals surface area contributed by atoms with Gasteiger partial charge >= 0.3 is 0 Å². The van der Waals surface area contributed by atoms with Crippen molar-refractivity contribution in [2.45, 2.75) is 39.2 Å². The first-order chi connectivity index (χ1) is 11.1. The molecule has 6 heteroatoms. The molecule has 0 saturated heterocycles. The molecule has 1 fully saturated rings. The van der Waals surface area contributed by atoms with Gasteiger partial charge in [0, 0.05) is 16.5 Å². The number of hydrogen-bond acceptors (Lipinski definition) is 4. The molecule has 1 amide bonds. The molecule has 1 heterocycles. The van der Waals surface area contributed by atoms with Gasteiger partial charge in [-0.15, -0.1) is 0 Å². The summed E-state index contributed by atoms with van der Waals surface area (Å²) < 4.78 is 5.43. The Kier molecular flexibility index (Phi) is 4.66. The second-order valence-electron chi connectivity index (χ2n) is 6.11. The van der Waals surface area contributed by atoms with Crippen molar-refractivity contribution in [3.63, 3.8) is 0 Å². The number of nitrogens with zero attached hydrogens (tertiary/aromatic N) is 2. The van der Waals surface area contributed by atoms with Crippen LogP contribution >= 0.6 is 11.6 Å². The van der Waals surface area contributed by atoms with Gasteiger partial charge in [0.2, 0.25) is 17.6 Å². The molecule has 0 radical (unpaired) electrons. The van der Waals surface area contributed by atoms with E-state index in [1.807, 2.05) is 12.1 Å². The molecule has 0 aliphatic heterocycles. The maximum Gasteiger partial charge on any atom is 0.249 e. The Labute approximate surface area is 140 Å². The minimum atomic E-state index is -0.256. The summed E-state index contributed by atoms with van der Waals surface area (Å²) in [6, 6.07) is 7.05. The summed E-state index contributed by atoms with van der Waals surface area (Å²) in [6.07, 6.45) is 2.85. The number of carbonyl (C=O) groups is 1. The van der Waals surface area contributed by atoms with Gasteiger partial charge in [-0.05, 0) is 30.9 Å². The van der Waals surface area contributed by atoms with Crippen LogP contribution in [0.25, 0.3) is 11.4 Å². The molecule has 2 aromatic rings. The fourth-order valence-electron chi connectivity index (χ4n) is 2.41. The van der Waals surface area contributed by atoms with E-state index in [1.165, 1.54) is 0 Å². The zero-order valence-electron chi connectivity index (χ0n) is 13.3. The van der Waals surface area contributed by atoms with E-state index in [1.54, 1.807) is 12.1 Å². The van der Waals surface area contributed by atoms with Crippen molar-refractivity contribution < 1.29 is 9.32 Å². The highest BCUT2D eigenvalue weighted by molar-refractivity contribution is 6.30. The monoisotopic (exact) mass is 333 g/mol. The van der Waals surface area contributed by atoms with Gasteiger partial charge in [0.05, 0.1) is 0 Å². The summed E-state index contributed by atoms with van der Waals surface area (Å²) >= 11 is 6.00. The van der Waals surface area contributed by atoms with Crippen LogP contribution in [0, 0.1) is 11.8 Å². The fraction of sp³-hybridized carbons (Fsp3) is 0.471. The van der Waals surface area contributed by atoms with E-state index in [9.17, 15) is 4.79 Å². The second-order valence-corrected chi connectivity index (χ2v) is 6.55. The minimum absolute atomic E-state index is 0.0813. The van der Waals surface area contributed by atoms with Crippen molar-refractivity contribution in [1.82, 2.24) is 15.5 Å². The summed E-state index contributed by atoms with van der Waals surface area (Å²) in [7, 11) is 0. The molecule has 2 atom stereocenters. The predicted octanol–water partition coefficient (Wildman–Crippen LogP) is 4.00. The number of rotatable bonds is 6. The molecule has 122 valence electrons. The van der Waals surface area contributed by atoms with Crippen LogP contribution in [0.15, 0.2) is 28.8 Å². The predicted molar refractivity (Wildman–Crippen MR) is 87.8 cm³/mol. The molecule has 0 spiro atoms. The Hall–Kier alpha value is -1.88. The van der Waals surface area contributed by atoms with Crippen LogP contribution in [0.4, 0.5) is 0 Å². The number of carbonyl (C=O) groups excluding carboxylic acids is 1. The van der Waals surface area contributed by atoms with Gasteiger partial charge in [0.1, 0.15) is 6.04 Å². The number of aromatic nitrogens is 2. The van der Waals surface area contributed by atoms with Gasteiger partial charge in [-0.25, -0.2) is 0 Å². The highest BCUT2D eigenvalue weighted by Gasteiger charge is 2.34. The first-order valence-electron chi connectivity index (χ1n) is 7.98. The van der Waals surface area contributed by atoms with E-state index in [-0.39, 0.29) is 23.8 Å². The molecule has 3 rings (SSSR count). The standard InChI is InChI=1S/C17H20ClN3O2/c1-3-10(2)14(19-16(22)11-7-8-11)17-20-15(21-23-17)12-5-4-6-13(18)9-12/h4-6,9-11,14H,3,7-8H2,1-2H3,(H,19,22). The summed E-state index contributed by atoms with van der Waals surface area (Å²) in [5.41, 5.74) is 0.795. The Bertz CT molecular complexity index is 697. The third kappa shape index (κ3) is 3.72. The molecule has 1 saturated carbocycles. The van der Waals surface area contributed by atoms with E-state index in [0.29, 0.717) is 16.7 Å². The Balaban J connectivity index is 1.83. The van der Waals surface area contributed by atoms with Crippen molar-refractivity contribution >= 4 is 17.5 Å². The van der Waals surface area contributed by atoms with E-state index in [2.05, 4.69) is 29.3 Å². The topological polar surface area (TPSA) is 68.0 Å². The van der Waals surface area contributed by atoms with Crippen molar-refractivity contribution in [3.05, 3.63) is 35.2 Å². The zero-order valence-corrected chi connectivity index (χ0v) is 14.0. The summed E-state index contributed by atoms with van der Waals surface area (Å²) in [6.45, 7) is 4.15. The quantitative estimate of drug-likeness (QED) is 0.867. The van der Waals surface area contributed by atoms with E-state index in [0.717, 1.165) is 24.8 Å². The van der Waals surface area contributed by atoms with Crippen LogP contribution in [-0.4, -0.2) is 16.0 Å². The lowest BCUT2D eigenvalue weighted by molar-refractivity contribution is -0.123. The molecule has 5 nitrogen and oxygen atoms in total. The van der Waals surface area contributed by atoms with Crippen LogP contribution in [0.5, 0.6) is 0 Å². The van der Waals surface area contributed by atoms with Crippen molar-refractivity contribution in [1.29, 1.82) is 0 Å². The minimum Gasteiger partial charge on any atom is -0.344 e. The summed E-state index contributed by atoms with van der Waals surface area (Å²) in [5, 5.41) is 7.72. The molecule has 1 aromatic heterocycles. The Morgan fingerprint density at radius 1 is 1.48 bits per heavy atom. The Morgan fingerprint density at radius 3 is 2.91 bits per heavy atom. The van der Waals surface area contributed by atoms with E-state index >= 15 is 0 Å². The number of nitrogens with one attached hydrogen (secondary N) is 1. The van der Waals surface area contributed by atoms with Gasteiger partial charge in [0.15, 0.2) is 0 Å². The number of amides is 1. The van der Waals surface area contributed by atoms with Crippen LogP contribution in [0.2, 0.25) is 5.02 Å². The lowest BCUT2D eigenvalue weighted by atomic mass is 9.99. The first-order valence-corrected chi connectivity index (χ1v) is 8.36. The second kappa shape index (κ2) is 6.71. The fourth-order valence-corrected chi connectivity index (χ4v) is 2.60. The summed E-state index contributed by atoms with van der Waals surface area (Å²) in [4.78, 5) is 16.6. The smallest absolute Gasteiger partial charge is 0.249 e. The van der Waals surface area contributed by atoms with Gasteiger partial charge in [0.25, 0.3) is 0 Å². The lowest BCUT2D eigenvalue weighted by Gasteiger charge is -2.20. The molecule has 2 unspecified atom stereocenters. The third-order valence-electron chi connectivity index (χ3n) is 4.25. The van der Waals surface area contributed by atoms with E-state index in [4.69, 9.17) is 16.1 Å². The summed E-state index contributed by atoms with van der Waals surface area (Å²) in [5.74, 6) is 1.37. The normalized spacial score (nSPS) is 16.8. The largest absolute Gasteiger partial charge is 0.344 e. The molecular formula is C17H20ClN3O2. The van der Waals surface area contributed by atoms with Crippen molar-refractivity contribution in [2.75, 3.05) is 0 Å². The number of hydrogen-bond donors (Lipinski definition) is 1. The highest BCUT2D eigenvalue weighted by Crippen LogP contribution is 2.32. The van der Waals surface area contributed by atoms with Crippen LogP contribution in [0.3, 0.4) is 0 Å². The van der Waals surface area contributed by atoms with Crippen molar-refractivity contribution in [2.24, 2.45) is 11.8 Å². The highest BCUT2D eigenvalue weighted by atomic mass is 35.5. The average Bonchev–Trinajstić information content (AvgIpc) is 3.29. The molecule has 0 bridgehead atoms.